The fourth-order valence-corrected chi connectivity index (χ4v) is 2.87. The molecule has 0 radical (unpaired) electrons. The molecule has 156 valence electrons. The molecule has 1 aromatic heterocycles. The molecule has 2 aromatic rings. The highest BCUT2D eigenvalue weighted by atomic mass is 35.5. The quantitative estimate of drug-likeness (QED) is 0.638. The number of nitrogens with zero attached hydrogens (tertiary/aromatic N) is 2. The van der Waals surface area contributed by atoms with Gasteiger partial charge in [0.25, 0.3) is 0 Å². The summed E-state index contributed by atoms with van der Waals surface area (Å²) in [4.78, 5) is 16.9. The second kappa shape index (κ2) is 11.1. The molecule has 1 aliphatic rings. The lowest BCUT2D eigenvalue weighted by Crippen LogP contribution is -2.38. The highest BCUT2D eigenvalue weighted by molar-refractivity contribution is 5.85. The number of hydrogen-bond donors (Lipinski definition) is 2. The second-order valence-corrected chi connectivity index (χ2v) is 6.62. The Hall–Kier alpha value is -1.96. The summed E-state index contributed by atoms with van der Waals surface area (Å²) in [6.45, 7) is 1.19. The number of aryl methyl sites for hydroxylation is 1. The van der Waals surface area contributed by atoms with E-state index < -0.39 is 6.04 Å². The van der Waals surface area contributed by atoms with Gasteiger partial charge in [0.05, 0.1) is 20.8 Å². The Morgan fingerprint density at radius 2 is 1.86 bits per heavy atom. The van der Waals surface area contributed by atoms with Crippen LogP contribution in [0.2, 0.25) is 0 Å². The minimum atomic E-state index is -0.394. The summed E-state index contributed by atoms with van der Waals surface area (Å²) in [6.07, 6.45) is 6.09. The van der Waals surface area contributed by atoms with Gasteiger partial charge in [-0.05, 0) is 43.0 Å². The summed E-state index contributed by atoms with van der Waals surface area (Å²) in [5.74, 6) is 2.74. The van der Waals surface area contributed by atoms with E-state index >= 15 is 0 Å². The standard InChI is InChI=1S/C19H26N4O3.2ClH/c1-23-7-6-21-19(23)18(22-17(24)12-20-11-13-4-5-13)14-8-15(25-2)10-16(9-14)26-3;;/h6-10,13,18,20H,4-5,11-12H2,1-3H3,(H,22,24);2*1H. The summed E-state index contributed by atoms with van der Waals surface area (Å²) < 4.78 is 12.6. The third kappa shape index (κ3) is 6.29. The van der Waals surface area contributed by atoms with Crippen molar-refractivity contribution in [2.45, 2.75) is 18.9 Å². The minimum Gasteiger partial charge on any atom is -0.497 e. The zero-order valence-electron chi connectivity index (χ0n) is 16.3. The topological polar surface area (TPSA) is 77.4 Å². The van der Waals surface area contributed by atoms with Crippen molar-refractivity contribution in [2.75, 3.05) is 27.3 Å². The predicted octanol–water partition coefficient (Wildman–Crippen LogP) is 2.49. The minimum absolute atomic E-state index is 0. The highest BCUT2D eigenvalue weighted by Gasteiger charge is 2.23. The molecule has 0 bridgehead atoms. The molecule has 0 aliphatic heterocycles. The highest BCUT2D eigenvalue weighted by Crippen LogP contribution is 2.29. The summed E-state index contributed by atoms with van der Waals surface area (Å²) >= 11 is 0. The zero-order chi connectivity index (χ0) is 18.5. The van der Waals surface area contributed by atoms with Crippen LogP contribution in [0, 0.1) is 5.92 Å². The summed E-state index contributed by atoms with van der Waals surface area (Å²) in [5, 5.41) is 6.30. The number of amides is 1. The molecule has 1 fully saturated rings. The van der Waals surface area contributed by atoms with Gasteiger partial charge in [0.1, 0.15) is 23.4 Å². The van der Waals surface area contributed by atoms with E-state index in [2.05, 4.69) is 15.6 Å². The number of hydrogen-bond acceptors (Lipinski definition) is 5. The molecule has 1 aliphatic carbocycles. The van der Waals surface area contributed by atoms with Crippen LogP contribution in [0.4, 0.5) is 0 Å². The van der Waals surface area contributed by atoms with Crippen molar-refractivity contribution in [1.82, 2.24) is 20.2 Å². The first-order valence-electron chi connectivity index (χ1n) is 8.81. The molecule has 9 heteroatoms. The number of carbonyl (C=O) groups is 1. The number of aromatic nitrogens is 2. The van der Waals surface area contributed by atoms with Crippen LogP contribution in [-0.4, -0.2) is 42.8 Å². The first-order chi connectivity index (χ1) is 12.6. The Labute approximate surface area is 178 Å². The number of imidazole rings is 1. The van der Waals surface area contributed by atoms with Gasteiger partial charge in [0.2, 0.25) is 5.91 Å². The Morgan fingerprint density at radius 3 is 2.36 bits per heavy atom. The lowest BCUT2D eigenvalue weighted by Gasteiger charge is -2.20. The van der Waals surface area contributed by atoms with Gasteiger partial charge < -0.3 is 24.7 Å². The van der Waals surface area contributed by atoms with Gasteiger partial charge in [-0.15, -0.1) is 24.8 Å². The molecule has 1 unspecified atom stereocenters. The maximum Gasteiger partial charge on any atom is 0.234 e. The predicted molar refractivity (Wildman–Crippen MR) is 113 cm³/mol. The molecule has 28 heavy (non-hydrogen) atoms. The van der Waals surface area contributed by atoms with Crippen molar-refractivity contribution in [3.05, 3.63) is 42.0 Å². The number of nitrogens with one attached hydrogen (secondary N) is 2. The van der Waals surface area contributed by atoms with E-state index in [4.69, 9.17) is 9.47 Å². The van der Waals surface area contributed by atoms with Gasteiger partial charge in [0, 0.05) is 25.5 Å². The molecule has 1 atom stereocenters. The summed E-state index contributed by atoms with van der Waals surface area (Å²) in [7, 11) is 5.12. The molecule has 1 aromatic carbocycles. The van der Waals surface area contributed by atoms with E-state index in [1.165, 1.54) is 12.8 Å². The van der Waals surface area contributed by atoms with Gasteiger partial charge in [0.15, 0.2) is 0 Å². The van der Waals surface area contributed by atoms with E-state index in [0.717, 1.165) is 23.9 Å². The molecular weight excluding hydrogens is 403 g/mol. The monoisotopic (exact) mass is 430 g/mol. The van der Waals surface area contributed by atoms with Crippen molar-refractivity contribution in [3.63, 3.8) is 0 Å². The molecule has 1 heterocycles. The van der Waals surface area contributed by atoms with Crippen molar-refractivity contribution in [2.24, 2.45) is 13.0 Å². The van der Waals surface area contributed by atoms with Gasteiger partial charge in [-0.25, -0.2) is 4.98 Å². The molecule has 1 saturated carbocycles. The number of carbonyl (C=O) groups excluding carboxylic acids is 1. The Balaban J connectivity index is 0.00000196. The third-order valence-electron chi connectivity index (χ3n) is 4.54. The fraction of sp³-hybridized carbons (Fsp3) is 0.474. The van der Waals surface area contributed by atoms with Crippen molar-refractivity contribution < 1.29 is 14.3 Å². The smallest absolute Gasteiger partial charge is 0.234 e. The molecule has 0 saturated heterocycles. The van der Waals surface area contributed by atoms with Crippen LogP contribution in [0.1, 0.15) is 30.3 Å². The Kier molecular flexibility index (Phi) is 9.58. The fourth-order valence-electron chi connectivity index (χ4n) is 2.87. The number of ether oxygens (including phenoxy) is 2. The van der Waals surface area contributed by atoms with Gasteiger partial charge in [-0.3, -0.25) is 4.79 Å². The van der Waals surface area contributed by atoms with Crippen molar-refractivity contribution in [1.29, 1.82) is 0 Å². The first-order valence-corrected chi connectivity index (χ1v) is 8.81. The Morgan fingerprint density at radius 1 is 1.21 bits per heavy atom. The van der Waals surface area contributed by atoms with Crippen LogP contribution in [0.25, 0.3) is 0 Å². The number of rotatable bonds is 9. The maximum atomic E-state index is 12.5. The molecule has 3 rings (SSSR count). The van der Waals surface area contributed by atoms with E-state index in [-0.39, 0.29) is 30.7 Å². The van der Waals surface area contributed by atoms with E-state index in [1.807, 2.05) is 29.9 Å². The zero-order valence-corrected chi connectivity index (χ0v) is 17.9. The van der Waals surface area contributed by atoms with Gasteiger partial charge >= 0.3 is 0 Å². The lowest BCUT2D eigenvalue weighted by molar-refractivity contribution is -0.120. The first kappa shape index (κ1) is 24.1. The van der Waals surface area contributed by atoms with Crippen LogP contribution >= 0.6 is 24.8 Å². The molecule has 7 nitrogen and oxygen atoms in total. The maximum absolute atomic E-state index is 12.5. The Bertz CT molecular complexity index is 743. The molecule has 0 spiro atoms. The molecular formula is C19H28Cl2N4O3. The van der Waals surface area contributed by atoms with Crippen LogP contribution in [0.15, 0.2) is 30.6 Å². The van der Waals surface area contributed by atoms with E-state index in [9.17, 15) is 4.79 Å². The van der Waals surface area contributed by atoms with E-state index in [0.29, 0.717) is 18.0 Å². The molecule has 1 amide bonds. The van der Waals surface area contributed by atoms with Crippen LogP contribution in [-0.2, 0) is 11.8 Å². The average Bonchev–Trinajstić information content (AvgIpc) is 3.38. The SMILES string of the molecule is COc1cc(OC)cc(C(NC(=O)CNCC2CC2)c2nccn2C)c1.Cl.Cl. The van der Waals surface area contributed by atoms with Crippen molar-refractivity contribution >= 4 is 30.7 Å². The van der Waals surface area contributed by atoms with E-state index in [1.54, 1.807) is 26.5 Å². The number of methoxy groups -OCH3 is 2. The third-order valence-corrected chi connectivity index (χ3v) is 4.54. The summed E-state index contributed by atoms with van der Waals surface area (Å²) in [5.41, 5.74) is 0.853. The van der Waals surface area contributed by atoms with Crippen LogP contribution < -0.4 is 20.1 Å². The normalized spacial score (nSPS) is 13.7. The van der Waals surface area contributed by atoms with Crippen LogP contribution in [0.3, 0.4) is 0 Å². The van der Waals surface area contributed by atoms with Gasteiger partial charge in [-0.2, -0.15) is 0 Å². The average molecular weight is 431 g/mol. The number of benzene rings is 1. The summed E-state index contributed by atoms with van der Waals surface area (Å²) in [6, 6.07) is 5.19. The lowest BCUT2D eigenvalue weighted by atomic mass is 10.0. The number of halogens is 2. The molecule has 2 N–H and O–H groups in total. The van der Waals surface area contributed by atoms with Crippen molar-refractivity contribution in [3.8, 4) is 11.5 Å². The van der Waals surface area contributed by atoms with Gasteiger partial charge in [-0.1, -0.05) is 0 Å². The van der Waals surface area contributed by atoms with Crippen LogP contribution in [0.5, 0.6) is 11.5 Å². The second-order valence-electron chi connectivity index (χ2n) is 6.62. The largest absolute Gasteiger partial charge is 0.497 e.